The van der Waals surface area contributed by atoms with Crippen molar-refractivity contribution in [1.82, 2.24) is 14.6 Å². The van der Waals surface area contributed by atoms with E-state index >= 15 is 0 Å². The number of benzene rings is 2. The Hall–Kier alpha value is -4.64. The first-order valence-electron chi connectivity index (χ1n) is 10.3. The Bertz CT molecular complexity index is 1740. The molecule has 0 radical (unpaired) electrons. The summed E-state index contributed by atoms with van der Waals surface area (Å²) in [5.41, 5.74) is 0.252. The molecule has 0 saturated carbocycles. The highest BCUT2D eigenvalue weighted by atomic mass is 32.1. The number of nitro benzene ring substituents is 1. The van der Waals surface area contributed by atoms with Gasteiger partial charge in [-0.15, -0.1) is 0 Å². The van der Waals surface area contributed by atoms with Crippen molar-refractivity contribution in [2.24, 2.45) is 0 Å². The molecule has 2 aromatic carbocycles. The van der Waals surface area contributed by atoms with Crippen molar-refractivity contribution in [3.8, 4) is 17.1 Å². The van der Waals surface area contributed by atoms with E-state index in [4.69, 9.17) is 9.15 Å². The average Bonchev–Trinajstić information content (AvgIpc) is 3.44. The normalized spacial score (nSPS) is 11.7. The van der Waals surface area contributed by atoms with E-state index in [0.29, 0.717) is 22.8 Å². The summed E-state index contributed by atoms with van der Waals surface area (Å²) in [4.78, 5) is 40.4. The highest BCUT2D eigenvalue weighted by molar-refractivity contribution is 7.15. The zero-order chi connectivity index (χ0) is 24.5. The lowest BCUT2D eigenvalue weighted by Crippen LogP contribution is -2.28. The third-order valence-electron chi connectivity index (χ3n) is 5.25. The van der Waals surface area contributed by atoms with Crippen molar-refractivity contribution >= 4 is 28.1 Å². The van der Waals surface area contributed by atoms with Gasteiger partial charge in [0, 0.05) is 18.6 Å². The van der Waals surface area contributed by atoms with Crippen LogP contribution < -0.4 is 20.4 Å². The molecule has 174 valence electrons. The average molecular weight is 488 g/mol. The number of nitro groups is 1. The summed E-state index contributed by atoms with van der Waals surface area (Å²) < 4.78 is 12.2. The highest BCUT2D eigenvalue weighted by Gasteiger charge is 2.17. The fraction of sp³-hybridized carbons (Fsp3) is 0.0833. The number of para-hydroxylation sites is 1. The minimum absolute atomic E-state index is 0.0869. The van der Waals surface area contributed by atoms with E-state index in [9.17, 15) is 19.7 Å². The molecule has 0 bridgehead atoms. The summed E-state index contributed by atoms with van der Waals surface area (Å²) >= 11 is 1.00. The first-order valence-corrected chi connectivity index (χ1v) is 11.2. The molecule has 0 amide bonds. The Morgan fingerprint density at radius 1 is 1.11 bits per heavy atom. The molecule has 0 N–H and O–H groups in total. The molecule has 5 rings (SSSR count). The van der Waals surface area contributed by atoms with Crippen molar-refractivity contribution in [2.75, 3.05) is 7.11 Å². The van der Waals surface area contributed by atoms with E-state index in [1.54, 1.807) is 49.6 Å². The van der Waals surface area contributed by atoms with Gasteiger partial charge in [0.15, 0.2) is 0 Å². The maximum atomic E-state index is 12.9. The highest BCUT2D eigenvalue weighted by Crippen LogP contribution is 2.30. The van der Waals surface area contributed by atoms with Gasteiger partial charge in [-0.2, -0.15) is 14.6 Å². The van der Waals surface area contributed by atoms with Crippen LogP contribution in [0.4, 0.5) is 5.69 Å². The van der Waals surface area contributed by atoms with E-state index in [2.05, 4.69) is 10.1 Å². The van der Waals surface area contributed by atoms with E-state index in [1.807, 2.05) is 12.1 Å². The second-order valence-corrected chi connectivity index (χ2v) is 8.48. The monoisotopic (exact) mass is 488 g/mol. The molecule has 0 aliphatic rings. The van der Waals surface area contributed by atoms with Gasteiger partial charge in [-0.3, -0.25) is 19.7 Å². The molecule has 3 aromatic heterocycles. The van der Waals surface area contributed by atoms with Gasteiger partial charge >= 0.3 is 0 Å². The minimum Gasteiger partial charge on any atom is -0.497 e. The second kappa shape index (κ2) is 8.95. The summed E-state index contributed by atoms with van der Waals surface area (Å²) in [6.07, 6.45) is 1.71. The number of methoxy groups -OCH3 is 1. The molecule has 0 spiro atoms. The summed E-state index contributed by atoms with van der Waals surface area (Å²) in [6, 6.07) is 16.6. The summed E-state index contributed by atoms with van der Waals surface area (Å²) in [6.45, 7) is 0. The molecule has 0 unspecified atom stereocenters. The lowest BCUT2D eigenvalue weighted by molar-refractivity contribution is -0.384. The van der Waals surface area contributed by atoms with Gasteiger partial charge in [-0.25, -0.2) is 0 Å². The molecular formula is C24H16N4O6S. The number of ether oxygens (including phenoxy) is 1. The first kappa shape index (κ1) is 22.2. The molecule has 0 fully saturated rings. The Kier molecular flexibility index (Phi) is 5.67. The van der Waals surface area contributed by atoms with Gasteiger partial charge in [0.25, 0.3) is 16.8 Å². The van der Waals surface area contributed by atoms with Crippen LogP contribution in [0.5, 0.6) is 5.75 Å². The molecule has 0 atom stereocenters. The zero-order valence-corrected chi connectivity index (χ0v) is 19.0. The molecule has 35 heavy (non-hydrogen) atoms. The molecule has 0 saturated heterocycles. The van der Waals surface area contributed by atoms with Crippen molar-refractivity contribution in [3.05, 3.63) is 113 Å². The van der Waals surface area contributed by atoms with E-state index in [0.717, 1.165) is 21.4 Å². The van der Waals surface area contributed by atoms with Crippen molar-refractivity contribution in [1.29, 1.82) is 0 Å². The molecular weight excluding hydrogens is 472 g/mol. The number of aromatic nitrogens is 3. The van der Waals surface area contributed by atoms with E-state index < -0.39 is 16.0 Å². The number of rotatable bonds is 6. The topological polar surface area (TPSA) is 130 Å². The van der Waals surface area contributed by atoms with Crippen LogP contribution in [0.3, 0.4) is 0 Å². The lowest BCUT2D eigenvalue weighted by Gasteiger charge is -2.02. The van der Waals surface area contributed by atoms with Crippen molar-refractivity contribution < 1.29 is 14.1 Å². The molecule has 11 heteroatoms. The third-order valence-corrected chi connectivity index (χ3v) is 6.21. The largest absolute Gasteiger partial charge is 0.497 e. The van der Waals surface area contributed by atoms with Gasteiger partial charge in [-0.05, 0) is 35.9 Å². The van der Waals surface area contributed by atoms with Crippen LogP contribution in [0.25, 0.3) is 22.4 Å². The number of nitrogens with zero attached hydrogens (tertiary/aromatic N) is 4. The van der Waals surface area contributed by atoms with Crippen molar-refractivity contribution in [2.45, 2.75) is 6.42 Å². The molecule has 0 aliphatic heterocycles. The quantitative estimate of drug-likeness (QED) is 0.263. The smallest absolute Gasteiger partial charge is 0.296 e. The molecule has 0 aliphatic carbocycles. The Labute approximate surface area is 200 Å². The Morgan fingerprint density at radius 2 is 1.89 bits per heavy atom. The van der Waals surface area contributed by atoms with Crippen LogP contribution >= 0.6 is 11.3 Å². The maximum absolute atomic E-state index is 12.9. The number of hydrogen-bond acceptors (Lipinski definition) is 9. The lowest BCUT2D eigenvalue weighted by atomic mass is 10.1. The predicted molar refractivity (Wildman–Crippen MR) is 129 cm³/mol. The van der Waals surface area contributed by atoms with Gasteiger partial charge in [0.1, 0.15) is 27.5 Å². The summed E-state index contributed by atoms with van der Waals surface area (Å²) in [5, 5.41) is 15.5. The number of furan rings is 1. The first-order chi connectivity index (χ1) is 16.9. The van der Waals surface area contributed by atoms with Gasteiger partial charge in [0.2, 0.25) is 4.96 Å². The van der Waals surface area contributed by atoms with Crippen LogP contribution in [-0.4, -0.2) is 26.6 Å². The zero-order valence-electron chi connectivity index (χ0n) is 18.2. The van der Waals surface area contributed by atoms with E-state index in [1.165, 1.54) is 12.1 Å². The second-order valence-electron chi connectivity index (χ2n) is 7.47. The molecule has 3 heterocycles. The fourth-order valence-electron chi connectivity index (χ4n) is 3.53. The number of thiazole rings is 1. The Balaban J connectivity index is 1.51. The SMILES string of the molecule is COc1ccc(Cc2nn3c(=O)/c(=C/c4ccc(-c5ccccc5[N+](=O)[O-])o4)sc3nc2=O)cc1. The molecule has 10 nitrogen and oxygen atoms in total. The van der Waals surface area contributed by atoms with Crippen LogP contribution in [0.15, 0.2) is 74.7 Å². The molecule has 5 aromatic rings. The third kappa shape index (κ3) is 4.32. The van der Waals surface area contributed by atoms with Crippen LogP contribution in [0.2, 0.25) is 0 Å². The predicted octanol–water partition coefficient (Wildman–Crippen LogP) is 2.83. The van der Waals surface area contributed by atoms with Crippen molar-refractivity contribution in [3.63, 3.8) is 0 Å². The standard InChI is InChI=1S/C24H16N4O6S/c1-33-15-8-6-14(7-9-15)12-18-22(29)25-24-27(26-18)23(30)21(35-24)13-16-10-11-20(34-16)17-4-2-3-5-19(17)28(31)32/h2-11,13H,12H2,1H3/b21-13-. The maximum Gasteiger partial charge on any atom is 0.296 e. The van der Waals surface area contributed by atoms with Crippen LogP contribution in [0, 0.1) is 10.1 Å². The number of fused-ring (bicyclic) bond motifs is 1. The fourth-order valence-corrected chi connectivity index (χ4v) is 4.42. The summed E-state index contributed by atoms with van der Waals surface area (Å²) in [7, 11) is 1.57. The minimum atomic E-state index is -0.509. The Morgan fingerprint density at radius 3 is 2.63 bits per heavy atom. The van der Waals surface area contributed by atoms with Crippen LogP contribution in [-0.2, 0) is 6.42 Å². The summed E-state index contributed by atoms with van der Waals surface area (Å²) in [5.74, 6) is 1.31. The van der Waals surface area contributed by atoms with Gasteiger partial charge in [-0.1, -0.05) is 35.6 Å². The van der Waals surface area contributed by atoms with Gasteiger partial charge in [0.05, 0.1) is 17.6 Å². The number of hydrogen-bond donors (Lipinski definition) is 0. The van der Waals surface area contributed by atoms with Crippen LogP contribution in [0.1, 0.15) is 17.0 Å². The van der Waals surface area contributed by atoms with Gasteiger partial charge < -0.3 is 9.15 Å². The van der Waals surface area contributed by atoms with E-state index in [-0.39, 0.29) is 27.3 Å².